The summed E-state index contributed by atoms with van der Waals surface area (Å²) in [4.78, 5) is -0.734. The molecule has 3 aromatic carbocycles. The fourth-order valence-corrected chi connectivity index (χ4v) is 3.71. The van der Waals surface area contributed by atoms with Gasteiger partial charge in [0.15, 0.2) is 0 Å². The van der Waals surface area contributed by atoms with E-state index in [2.05, 4.69) is 84.2 Å². The van der Waals surface area contributed by atoms with Gasteiger partial charge in [0.25, 0.3) is 0 Å². The molecule has 0 atom stereocenters. The van der Waals surface area contributed by atoms with E-state index in [9.17, 15) is 0 Å². The number of halogens is 4. The molecule has 0 radical (unpaired) electrons. The molecule has 0 fully saturated rings. The minimum atomic E-state index is -0.734. The van der Waals surface area contributed by atoms with Gasteiger partial charge in [0.2, 0.25) is 0 Å². The Bertz CT molecular complexity index is 683. The molecule has 3 aromatic rings. The van der Waals surface area contributed by atoms with Crippen LogP contribution in [0.2, 0.25) is 0 Å². The van der Waals surface area contributed by atoms with Crippen LogP contribution in [0, 0.1) is 0 Å². The van der Waals surface area contributed by atoms with Crippen LogP contribution in [0.1, 0.15) is 16.7 Å². The Labute approximate surface area is 166 Å². The lowest BCUT2D eigenvalue weighted by molar-refractivity contribution is 0.878. The van der Waals surface area contributed by atoms with Crippen molar-refractivity contribution in [3.05, 3.63) is 103 Å². The standard InChI is InChI=1S/C19H12Br3Cl/c20-16-7-1-13(2-8-16)19(23,14-3-9-17(21)10-4-14)15-5-11-18(22)12-6-15/h1-12H. The summed E-state index contributed by atoms with van der Waals surface area (Å²) in [5.41, 5.74) is 3.10. The van der Waals surface area contributed by atoms with Crippen LogP contribution in [-0.4, -0.2) is 0 Å². The van der Waals surface area contributed by atoms with Crippen LogP contribution >= 0.6 is 59.4 Å². The summed E-state index contributed by atoms with van der Waals surface area (Å²) in [6, 6.07) is 24.4. The Morgan fingerprint density at radius 2 is 0.696 bits per heavy atom. The Balaban J connectivity index is 2.21. The lowest BCUT2D eigenvalue weighted by atomic mass is 9.84. The number of rotatable bonds is 3. The first-order valence-corrected chi connectivity index (χ1v) is 9.73. The van der Waals surface area contributed by atoms with E-state index in [0.29, 0.717) is 0 Å². The van der Waals surface area contributed by atoms with Crippen molar-refractivity contribution in [2.45, 2.75) is 4.87 Å². The van der Waals surface area contributed by atoms with Gasteiger partial charge in [0.05, 0.1) is 0 Å². The van der Waals surface area contributed by atoms with Gasteiger partial charge in [-0.15, -0.1) is 11.6 Å². The van der Waals surface area contributed by atoms with Crippen LogP contribution in [0.3, 0.4) is 0 Å². The zero-order valence-corrected chi connectivity index (χ0v) is 17.5. The molecule has 0 saturated carbocycles. The molecule has 0 heterocycles. The highest BCUT2D eigenvalue weighted by molar-refractivity contribution is 9.11. The van der Waals surface area contributed by atoms with Crippen LogP contribution in [-0.2, 0) is 4.87 Å². The van der Waals surface area contributed by atoms with Gasteiger partial charge < -0.3 is 0 Å². The molecule has 0 aliphatic carbocycles. The average molecular weight is 515 g/mol. The fourth-order valence-electron chi connectivity index (χ4n) is 2.54. The molecule has 116 valence electrons. The highest BCUT2D eigenvalue weighted by atomic mass is 79.9. The van der Waals surface area contributed by atoms with Gasteiger partial charge in [0, 0.05) is 13.4 Å². The zero-order chi connectivity index (χ0) is 16.4. The minimum absolute atomic E-state index is 0.734. The van der Waals surface area contributed by atoms with Crippen molar-refractivity contribution in [3.63, 3.8) is 0 Å². The third kappa shape index (κ3) is 3.58. The maximum Gasteiger partial charge on any atom is 0.119 e. The molecule has 0 aliphatic rings. The van der Waals surface area contributed by atoms with Crippen molar-refractivity contribution in [1.82, 2.24) is 0 Å². The summed E-state index contributed by atoms with van der Waals surface area (Å²) in [5, 5.41) is 0. The minimum Gasteiger partial charge on any atom is -0.104 e. The summed E-state index contributed by atoms with van der Waals surface area (Å²) in [6.07, 6.45) is 0. The van der Waals surface area contributed by atoms with Crippen molar-refractivity contribution in [3.8, 4) is 0 Å². The summed E-state index contributed by atoms with van der Waals surface area (Å²) in [6.45, 7) is 0. The molecule has 0 aliphatic heterocycles. The second kappa shape index (κ2) is 7.10. The SMILES string of the molecule is ClC(c1ccc(Br)cc1)(c1ccc(Br)cc1)c1ccc(Br)cc1. The number of hydrogen-bond donors (Lipinski definition) is 0. The monoisotopic (exact) mass is 512 g/mol. The first kappa shape index (κ1) is 17.2. The number of hydrogen-bond acceptors (Lipinski definition) is 0. The molecular formula is C19H12Br3Cl. The smallest absolute Gasteiger partial charge is 0.104 e. The average Bonchev–Trinajstić information content (AvgIpc) is 2.56. The predicted molar refractivity (Wildman–Crippen MR) is 108 cm³/mol. The fraction of sp³-hybridized carbons (Fsp3) is 0.0526. The summed E-state index contributed by atoms with van der Waals surface area (Å²) in [5.74, 6) is 0. The molecule has 3 rings (SSSR count). The second-order valence-corrected chi connectivity index (χ2v) is 8.49. The molecular weight excluding hydrogens is 503 g/mol. The summed E-state index contributed by atoms with van der Waals surface area (Å²) >= 11 is 17.7. The van der Waals surface area contributed by atoms with E-state index in [1.807, 2.05) is 36.4 Å². The quantitative estimate of drug-likeness (QED) is 0.250. The van der Waals surface area contributed by atoms with E-state index < -0.39 is 4.87 Å². The Morgan fingerprint density at radius 1 is 0.478 bits per heavy atom. The van der Waals surface area contributed by atoms with Gasteiger partial charge >= 0.3 is 0 Å². The van der Waals surface area contributed by atoms with Crippen molar-refractivity contribution >= 4 is 59.4 Å². The summed E-state index contributed by atoms with van der Waals surface area (Å²) in [7, 11) is 0. The number of alkyl halides is 1. The third-order valence-electron chi connectivity index (χ3n) is 3.73. The van der Waals surface area contributed by atoms with Crippen LogP contribution in [0.25, 0.3) is 0 Å². The van der Waals surface area contributed by atoms with Crippen LogP contribution < -0.4 is 0 Å². The maximum atomic E-state index is 7.23. The summed E-state index contributed by atoms with van der Waals surface area (Å²) < 4.78 is 3.10. The zero-order valence-electron chi connectivity index (χ0n) is 11.9. The molecule has 4 heteroatoms. The van der Waals surface area contributed by atoms with E-state index in [1.54, 1.807) is 0 Å². The van der Waals surface area contributed by atoms with Crippen molar-refractivity contribution in [2.75, 3.05) is 0 Å². The molecule has 23 heavy (non-hydrogen) atoms. The van der Waals surface area contributed by atoms with E-state index >= 15 is 0 Å². The highest BCUT2D eigenvalue weighted by Crippen LogP contribution is 2.43. The number of benzene rings is 3. The Hall–Kier alpha value is -0.610. The topological polar surface area (TPSA) is 0 Å². The predicted octanol–water partition coefficient (Wildman–Crippen LogP) is 7.50. The maximum absolute atomic E-state index is 7.23. The highest BCUT2D eigenvalue weighted by Gasteiger charge is 2.34. The Kier molecular flexibility index (Phi) is 5.32. The van der Waals surface area contributed by atoms with Gasteiger partial charge in [-0.1, -0.05) is 84.2 Å². The molecule has 0 N–H and O–H groups in total. The van der Waals surface area contributed by atoms with Crippen LogP contribution in [0.15, 0.2) is 86.2 Å². The second-order valence-electron chi connectivity index (χ2n) is 5.18. The molecule has 0 spiro atoms. The van der Waals surface area contributed by atoms with Crippen molar-refractivity contribution in [2.24, 2.45) is 0 Å². The first-order valence-electron chi connectivity index (χ1n) is 6.97. The van der Waals surface area contributed by atoms with Gasteiger partial charge in [-0.2, -0.15) is 0 Å². The first-order chi connectivity index (χ1) is 11.0. The lowest BCUT2D eigenvalue weighted by Crippen LogP contribution is -2.22. The molecule has 0 bridgehead atoms. The van der Waals surface area contributed by atoms with Gasteiger partial charge in [-0.25, -0.2) is 0 Å². The van der Waals surface area contributed by atoms with Crippen molar-refractivity contribution < 1.29 is 0 Å². The van der Waals surface area contributed by atoms with Gasteiger partial charge in [-0.3, -0.25) is 0 Å². The third-order valence-corrected chi connectivity index (χ3v) is 5.97. The van der Waals surface area contributed by atoms with Crippen LogP contribution in [0.5, 0.6) is 0 Å². The molecule has 0 unspecified atom stereocenters. The molecule has 0 amide bonds. The van der Waals surface area contributed by atoms with E-state index in [0.717, 1.165) is 30.1 Å². The van der Waals surface area contributed by atoms with E-state index in [4.69, 9.17) is 11.6 Å². The molecule has 0 aromatic heterocycles. The lowest BCUT2D eigenvalue weighted by Gasteiger charge is -2.29. The van der Waals surface area contributed by atoms with Crippen molar-refractivity contribution in [1.29, 1.82) is 0 Å². The van der Waals surface area contributed by atoms with E-state index in [-0.39, 0.29) is 0 Å². The normalized spacial score (nSPS) is 11.5. The Morgan fingerprint density at radius 3 is 0.913 bits per heavy atom. The molecule has 0 saturated heterocycles. The van der Waals surface area contributed by atoms with E-state index in [1.165, 1.54) is 0 Å². The van der Waals surface area contributed by atoms with Crippen LogP contribution in [0.4, 0.5) is 0 Å². The largest absolute Gasteiger partial charge is 0.119 e. The molecule has 0 nitrogen and oxygen atoms in total. The van der Waals surface area contributed by atoms with Gasteiger partial charge in [-0.05, 0) is 53.1 Å². The van der Waals surface area contributed by atoms with Gasteiger partial charge in [0.1, 0.15) is 4.87 Å².